The third kappa shape index (κ3) is 2.25. The fourth-order valence-electron chi connectivity index (χ4n) is 0.930. The number of aryl methyl sites for hydroxylation is 1. The largest absolute Gasteiger partial charge is 0.406 e. The Labute approximate surface area is 66.6 Å². The highest BCUT2D eigenvalue weighted by atomic mass is 19.4. The molecule has 68 valence electrons. The van der Waals surface area contributed by atoms with E-state index in [1.54, 1.807) is 0 Å². The summed E-state index contributed by atoms with van der Waals surface area (Å²) < 4.78 is 48.4. The Hall–Kier alpha value is -1.00. The molecule has 1 aromatic rings. The Morgan fingerprint density at radius 1 is 1.42 bits per heavy atom. The van der Waals surface area contributed by atoms with Crippen molar-refractivity contribution in [2.45, 2.75) is 19.6 Å². The number of halogens is 4. The summed E-state index contributed by atoms with van der Waals surface area (Å²) in [4.78, 5) is 0. The molecule has 0 saturated carbocycles. The van der Waals surface area contributed by atoms with Crippen LogP contribution < -0.4 is 0 Å². The lowest BCUT2D eigenvalue weighted by atomic mass is 10.4. The standard InChI is InChI=1S/C7H7F4N/c1-5-2-6(8)12(3-5)4-7(9,10)11/h2-3H,4H2,1H3. The fraction of sp³-hybridized carbons (Fsp3) is 0.429. The van der Waals surface area contributed by atoms with Crippen LogP contribution >= 0.6 is 0 Å². The first-order valence-electron chi connectivity index (χ1n) is 3.27. The van der Waals surface area contributed by atoms with Gasteiger partial charge in [-0.2, -0.15) is 17.6 Å². The van der Waals surface area contributed by atoms with Crippen LogP contribution in [0.15, 0.2) is 12.3 Å². The Balaban J connectivity index is 2.82. The zero-order valence-electron chi connectivity index (χ0n) is 6.32. The summed E-state index contributed by atoms with van der Waals surface area (Å²) in [6.07, 6.45) is -3.24. The highest BCUT2D eigenvalue weighted by Crippen LogP contribution is 2.19. The van der Waals surface area contributed by atoms with E-state index < -0.39 is 18.7 Å². The van der Waals surface area contributed by atoms with E-state index in [9.17, 15) is 17.6 Å². The molecular formula is C7H7F4N. The van der Waals surface area contributed by atoms with Crippen molar-refractivity contribution in [1.82, 2.24) is 4.57 Å². The maximum atomic E-state index is 12.6. The second-order valence-electron chi connectivity index (χ2n) is 2.58. The van der Waals surface area contributed by atoms with Gasteiger partial charge in [0.25, 0.3) is 0 Å². The van der Waals surface area contributed by atoms with Gasteiger partial charge in [-0.3, -0.25) is 0 Å². The van der Waals surface area contributed by atoms with Crippen LogP contribution in [-0.4, -0.2) is 10.7 Å². The predicted octanol–water partition coefficient (Wildman–Crippen LogP) is 2.50. The van der Waals surface area contributed by atoms with Gasteiger partial charge in [0.05, 0.1) is 0 Å². The topological polar surface area (TPSA) is 4.93 Å². The molecule has 0 aliphatic carbocycles. The van der Waals surface area contributed by atoms with E-state index in [1.807, 2.05) is 0 Å². The molecule has 12 heavy (non-hydrogen) atoms. The summed E-state index contributed by atoms with van der Waals surface area (Å²) in [5.74, 6) is -0.857. The van der Waals surface area contributed by atoms with Gasteiger partial charge in [0.15, 0.2) is 5.95 Å². The van der Waals surface area contributed by atoms with Crippen LogP contribution in [0.4, 0.5) is 17.6 Å². The molecule has 0 radical (unpaired) electrons. The van der Waals surface area contributed by atoms with Crippen LogP contribution in [-0.2, 0) is 6.54 Å². The van der Waals surface area contributed by atoms with Crippen LogP contribution in [0.2, 0.25) is 0 Å². The van der Waals surface area contributed by atoms with Crippen LogP contribution in [0.25, 0.3) is 0 Å². The number of hydrogen-bond donors (Lipinski definition) is 0. The van der Waals surface area contributed by atoms with Crippen LogP contribution in [0.1, 0.15) is 5.56 Å². The Morgan fingerprint density at radius 2 is 2.00 bits per heavy atom. The molecule has 5 heteroatoms. The summed E-state index contributed by atoms with van der Waals surface area (Å²) >= 11 is 0. The summed E-state index contributed by atoms with van der Waals surface area (Å²) in [6.45, 7) is 0.266. The van der Waals surface area contributed by atoms with E-state index >= 15 is 0 Å². The van der Waals surface area contributed by atoms with E-state index in [-0.39, 0.29) is 0 Å². The van der Waals surface area contributed by atoms with Gasteiger partial charge < -0.3 is 4.57 Å². The molecule has 0 saturated heterocycles. The third-order valence-electron chi connectivity index (χ3n) is 1.33. The van der Waals surface area contributed by atoms with E-state index in [4.69, 9.17) is 0 Å². The minimum atomic E-state index is -4.37. The van der Waals surface area contributed by atoms with E-state index in [0.29, 0.717) is 10.1 Å². The quantitative estimate of drug-likeness (QED) is 0.586. The maximum Gasteiger partial charge on any atom is 0.406 e. The molecule has 0 bridgehead atoms. The molecule has 1 aromatic heterocycles. The Morgan fingerprint density at radius 3 is 2.33 bits per heavy atom. The first kappa shape index (κ1) is 9.09. The van der Waals surface area contributed by atoms with Crippen molar-refractivity contribution in [2.75, 3.05) is 0 Å². The highest BCUT2D eigenvalue weighted by Gasteiger charge is 2.28. The van der Waals surface area contributed by atoms with Gasteiger partial charge in [0, 0.05) is 6.20 Å². The van der Waals surface area contributed by atoms with Crippen molar-refractivity contribution in [3.63, 3.8) is 0 Å². The van der Waals surface area contributed by atoms with Gasteiger partial charge in [-0.25, -0.2) is 0 Å². The maximum absolute atomic E-state index is 12.6. The zero-order valence-corrected chi connectivity index (χ0v) is 6.32. The van der Waals surface area contributed by atoms with Crippen molar-refractivity contribution in [3.8, 4) is 0 Å². The second kappa shape index (κ2) is 2.80. The Kier molecular flexibility index (Phi) is 2.12. The molecule has 0 atom stereocenters. The predicted molar refractivity (Wildman–Crippen MR) is 35.2 cm³/mol. The molecule has 0 aliphatic rings. The first-order chi connectivity index (χ1) is 5.38. The SMILES string of the molecule is Cc1cc(F)n(CC(F)(F)F)c1. The summed E-state index contributed by atoms with van der Waals surface area (Å²) in [5.41, 5.74) is 0.483. The minimum Gasteiger partial charge on any atom is -0.316 e. The van der Waals surface area contributed by atoms with Crippen molar-refractivity contribution in [3.05, 3.63) is 23.8 Å². The van der Waals surface area contributed by atoms with Gasteiger partial charge in [0.1, 0.15) is 6.54 Å². The van der Waals surface area contributed by atoms with E-state index in [0.717, 1.165) is 12.3 Å². The molecule has 0 aromatic carbocycles. The van der Waals surface area contributed by atoms with Crippen molar-refractivity contribution in [2.24, 2.45) is 0 Å². The number of hydrogen-bond acceptors (Lipinski definition) is 0. The number of alkyl halides is 3. The van der Waals surface area contributed by atoms with Gasteiger partial charge in [-0.15, -0.1) is 0 Å². The van der Waals surface area contributed by atoms with Gasteiger partial charge in [-0.05, 0) is 18.6 Å². The lowest BCUT2D eigenvalue weighted by Crippen LogP contribution is -2.18. The number of aromatic nitrogens is 1. The second-order valence-corrected chi connectivity index (χ2v) is 2.58. The molecule has 0 spiro atoms. The average Bonchev–Trinajstić information content (AvgIpc) is 2.06. The lowest BCUT2D eigenvalue weighted by molar-refractivity contribution is -0.142. The number of rotatable bonds is 1. The molecule has 0 unspecified atom stereocenters. The van der Waals surface area contributed by atoms with Crippen LogP contribution in [0.5, 0.6) is 0 Å². The van der Waals surface area contributed by atoms with Crippen LogP contribution in [0, 0.1) is 12.9 Å². The molecular weight excluding hydrogens is 174 g/mol. The lowest BCUT2D eigenvalue weighted by Gasteiger charge is -2.07. The summed E-state index contributed by atoms with van der Waals surface area (Å²) in [7, 11) is 0. The zero-order chi connectivity index (χ0) is 9.35. The van der Waals surface area contributed by atoms with Gasteiger partial charge in [-0.1, -0.05) is 0 Å². The third-order valence-corrected chi connectivity index (χ3v) is 1.33. The smallest absolute Gasteiger partial charge is 0.316 e. The van der Waals surface area contributed by atoms with E-state index in [1.165, 1.54) is 6.92 Å². The first-order valence-corrected chi connectivity index (χ1v) is 3.27. The molecule has 0 N–H and O–H groups in total. The normalized spacial score (nSPS) is 12.1. The van der Waals surface area contributed by atoms with Crippen molar-refractivity contribution >= 4 is 0 Å². The minimum absolute atomic E-state index is 0.483. The molecule has 1 heterocycles. The van der Waals surface area contributed by atoms with Crippen molar-refractivity contribution < 1.29 is 17.6 Å². The highest BCUT2D eigenvalue weighted by molar-refractivity contribution is 5.09. The fourth-order valence-corrected chi connectivity index (χ4v) is 0.930. The number of nitrogens with zero attached hydrogens (tertiary/aromatic N) is 1. The van der Waals surface area contributed by atoms with Crippen LogP contribution in [0.3, 0.4) is 0 Å². The van der Waals surface area contributed by atoms with Gasteiger partial charge >= 0.3 is 6.18 Å². The van der Waals surface area contributed by atoms with Crippen molar-refractivity contribution in [1.29, 1.82) is 0 Å². The summed E-state index contributed by atoms with van der Waals surface area (Å²) in [6, 6.07) is 1.06. The monoisotopic (exact) mass is 181 g/mol. The summed E-state index contributed by atoms with van der Waals surface area (Å²) in [5, 5.41) is 0. The van der Waals surface area contributed by atoms with Gasteiger partial charge in [0.2, 0.25) is 0 Å². The molecule has 0 fully saturated rings. The van der Waals surface area contributed by atoms with E-state index in [2.05, 4.69) is 0 Å². The molecule has 0 amide bonds. The molecule has 1 rings (SSSR count). The Bertz CT molecular complexity index is 273. The molecule has 1 nitrogen and oxygen atoms in total. The molecule has 0 aliphatic heterocycles. The average molecular weight is 181 g/mol.